The van der Waals surface area contributed by atoms with Crippen LogP contribution < -0.4 is 0 Å². The van der Waals surface area contributed by atoms with Crippen LogP contribution in [0.4, 0.5) is 0 Å². The first-order chi connectivity index (χ1) is 8.16. The zero-order valence-electron chi connectivity index (χ0n) is 9.44. The Morgan fingerprint density at radius 3 is 2.65 bits per heavy atom. The minimum atomic E-state index is 0.176. The molecule has 17 heavy (non-hydrogen) atoms. The molecular formula is C13H12BrNOS. The van der Waals surface area contributed by atoms with E-state index in [2.05, 4.69) is 20.9 Å². The number of hydrogen-bond donors (Lipinski definition) is 0. The van der Waals surface area contributed by atoms with Crippen LogP contribution in [0.1, 0.15) is 27.3 Å². The number of Topliss-reactive ketones (excluding diaryl/α,β-unsaturated/α-hetero) is 1. The number of benzene rings is 1. The number of aryl methyl sites for hydroxylation is 2. The molecule has 2 nitrogen and oxygen atoms in total. The zero-order chi connectivity index (χ0) is 12.3. The normalized spacial score (nSPS) is 10.5. The molecule has 0 bridgehead atoms. The lowest BCUT2D eigenvalue weighted by Gasteiger charge is -2.00. The van der Waals surface area contributed by atoms with E-state index in [1.807, 2.05) is 37.3 Å². The molecule has 0 saturated heterocycles. The van der Waals surface area contributed by atoms with E-state index in [1.54, 1.807) is 0 Å². The van der Waals surface area contributed by atoms with Crippen LogP contribution in [0.25, 0.3) is 0 Å². The van der Waals surface area contributed by atoms with E-state index in [-0.39, 0.29) is 5.78 Å². The average molecular weight is 310 g/mol. The second-order valence-electron chi connectivity index (χ2n) is 3.79. The van der Waals surface area contributed by atoms with Gasteiger partial charge in [0.1, 0.15) is 0 Å². The molecule has 88 valence electrons. The Morgan fingerprint density at radius 1 is 1.35 bits per heavy atom. The third kappa shape index (κ3) is 3.23. The topological polar surface area (TPSA) is 30.0 Å². The van der Waals surface area contributed by atoms with Crippen molar-refractivity contribution in [2.24, 2.45) is 0 Å². The summed E-state index contributed by atoms with van der Waals surface area (Å²) < 4.78 is 0.776. The minimum absolute atomic E-state index is 0.176. The van der Waals surface area contributed by atoms with Gasteiger partial charge in [-0.2, -0.15) is 0 Å². The number of carbonyl (C=O) groups excluding carboxylic acids is 1. The van der Waals surface area contributed by atoms with E-state index in [0.717, 1.165) is 20.9 Å². The molecule has 1 aromatic carbocycles. The Morgan fingerprint density at radius 2 is 2.06 bits per heavy atom. The molecule has 0 atom stereocenters. The molecule has 2 aromatic rings. The van der Waals surface area contributed by atoms with Gasteiger partial charge in [-0.25, -0.2) is 4.98 Å². The van der Waals surface area contributed by atoms with Crippen LogP contribution in [-0.2, 0) is 6.42 Å². The fourth-order valence-corrected chi connectivity index (χ4v) is 3.15. The molecule has 0 unspecified atom stereocenters. The van der Waals surface area contributed by atoms with Gasteiger partial charge in [-0.05, 0) is 34.8 Å². The number of nitrogens with zero attached hydrogens (tertiary/aromatic N) is 1. The number of thiazole rings is 1. The maximum atomic E-state index is 12.0. The van der Waals surface area contributed by atoms with Crippen molar-refractivity contribution in [1.29, 1.82) is 0 Å². The lowest BCUT2D eigenvalue weighted by atomic mass is 10.1. The first-order valence-electron chi connectivity index (χ1n) is 5.37. The van der Waals surface area contributed by atoms with Crippen LogP contribution >= 0.6 is 27.3 Å². The Kier molecular flexibility index (Phi) is 4.07. The highest BCUT2D eigenvalue weighted by atomic mass is 79.9. The van der Waals surface area contributed by atoms with Gasteiger partial charge < -0.3 is 0 Å². The fourth-order valence-electron chi connectivity index (χ4n) is 1.64. The summed E-state index contributed by atoms with van der Waals surface area (Å²) in [6.45, 7) is 1.87. The SMILES string of the molecule is Cc1nc(Br)sc1C(=O)CCc1ccccc1. The summed E-state index contributed by atoms with van der Waals surface area (Å²) in [6, 6.07) is 10.1. The van der Waals surface area contributed by atoms with Crippen LogP contribution in [0, 0.1) is 6.92 Å². The van der Waals surface area contributed by atoms with Crippen LogP contribution in [0.5, 0.6) is 0 Å². The average Bonchev–Trinajstić information content (AvgIpc) is 2.67. The standard InChI is InChI=1S/C13H12BrNOS/c1-9-12(17-13(14)15-9)11(16)8-7-10-5-3-2-4-6-10/h2-6H,7-8H2,1H3. The van der Waals surface area contributed by atoms with E-state index in [9.17, 15) is 4.79 Å². The van der Waals surface area contributed by atoms with Crippen LogP contribution in [0.3, 0.4) is 0 Å². The largest absolute Gasteiger partial charge is 0.293 e. The molecule has 2 rings (SSSR count). The molecule has 0 saturated carbocycles. The van der Waals surface area contributed by atoms with E-state index >= 15 is 0 Å². The van der Waals surface area contributed by atoms with Gasteiger partial charge in [0.25, 0.3) is 0 Å². The Bertz CT molecular complexity index is 521. The number of halogens is 1. The summed E-state index contributed by atoms with van der Waals surface area (Å²) in [5.41, 5.74) is 2.02. The monoisotopic (exact) mass is 309 g/mol. The molecule has 0 spiro atoms. The molecule has 1 heterocycles. The van der Waals surface area contributed by atoms with Gasteiger partial charge in [-0.15, -0.1) is 11.3 Å². The van der Waals surface area contributed by atoms with Gasteiger partial charge in [-0.1, -0.05) is 30.3 Å². The van der Waals surface area contributed by atoms with E-state index in [4.69, 9.17) is 0 Å². The van der Waals surface area contributed by atoms with Crippen LogP contribution in [0.2, 0.25) is 0 Å². The van der Waals surface area contributed by atoms with Crippen LogP contribution in [-0.4, -0.2) is 10.8 Å². The van der Waals surface area contributed by atoms with Gasteiger partial charge >= 0.3 is 0 Å². The van der Waals surface area contributed by atoms with Crippen molar-refractivity contribution in [3.63, 3.8) is 0 Å². The summed E-state index contributed by atoms with van der Waals surface area (Å²) >= 11 is 4.72. The second-order valence-corrected chi connectivity index (χ2v) is 6.07. The molecule has 0 N–H and O–H groups in total. The van der Waals surface area contributed by atoms with Gasteiger partial charge in [0.2, 0.25) is 0 Å². The second kappa shape index (κ2) is 5.56. The summed E-state index contributed by atoms with van der Waals surface area (Å²) in [6.07, 6.45) is 1.33. The third-order valence-corrected chi connectivity index (χ3v) is 4.16. The zero-order valence-corrected chi connectivity index (χ0v) is 11.8. The van der Waals surface area contributed by atoms with Gasteiger partial charge in [0.05, 0.1) is 10.6 Å². The van der Waals surface area contributed by atoms with Crippen molar-refractivity contribution in [2.75, 3.05) is 0 Å². The third-order valence-electron chi connectivity index (χ3n) is 2.51. The highest BCUT2D eigenvalue weighted by Gasteiger charge is 2.13. The molecule has 0 aliphatic rings. The van der Waals surface area contributed by atoms with Gasteiger partial charge in [-0.3, -0.25) is 4.79 Å². The molecule has 1 aromatic heterocycles. The molecule has 0 radical (unpaired) electrons. The fraction of sp³-hybridized carbons (Fsp3) is 0.231. The molecule has 0 aliphatic heterocycles. The quantitative estimate of drug-likeness (QED) is 0.798. The number of ketones is 1. The lowest BCUT2D eigenvalue weighted by Crippen LogP contribution is -2.00. The Hall–Kier alpha value is -1.00. The number of carbonyl (C=O) groups is 1. The Balaban J connectivity index is 2.01. The van der Waals surface area contributed by atoms with Crippen molar-refractivity contribution in [1.82, 2.24) is 4.98 Å². The van der Waals surface area contributed by atoms with Crippen molar-refractivity contribution >= 4 is 33.0 Å². The summed E-state index contributed by atoms with van der Waals surface area (Å²) in [7, 11) is 0. The molecule has 0 aliphatic carbocycles. The predicted octanol–water partition coefficient (Wildman–Crippen LogP) is 4.03. The van der Waals surface area contributed by atoms with Gasteiger partial charge in [0.15, 0.2) is 9.70 Å². The van der Waals surface area contributed by atoms with E-state index in [0.29, 0.717) is 6.42 Å². The summed E-state index contributed by atoms with van der Waals surface area (Å²) in [5, 5.41) is 0. The first-order valence-corrected chi connectivity index (χ1v) is 6.98. The van der Waals surface area contributed by atoms with E-state index in [1.165, 1.54) is 16.9 Å². The summed E-state index contributed by atoms with van der Waals surface area (Å²) in [4.78, 5) is 17.0. The molecule has 0 fully saturated rings. The summed E-state index contributed by atoms with van der Waals surface area (Å²) in [5.74, 6) is 0.176. The first kappa shape index (κ1) is 12.5. The number of hydrogen-bond acceptors (Lipinski definition) is 3. The van der Waals surface area contributed by atoms with Gasteiger partial charge in [0, 0.05) is 6.42 Å². The van der Waals surface area contributed by atoms with Crippen molar-refractivity contribution in [3.05, 3.63) is 50.4 Å². The van der Waals surface area contributed by atoms with Crippen molar-refractivity contribution < 1.29 is 4.79 Å². The highest BCUT2D eigenvalue weighted by molar-refractivity contribution is 9.11. The van der Waals surface area contributed by atoms with Crippen molar-refractivity contribution in [2.45, 2.75) is 19.8 Å². The number of aromatic nitrogens is 1. The lowest BCUT2D eigenvalue weighted by molar-refractivity contribution is 0.0986. The molecule has 4 heteroatoms. The smallest absolute Gasteiger partial charge is 0.175 e. The Labute approximate surface area is 113 Å². The van der Waals surface area contributed by atoms with Crippen molar-refractivity contribution in [3.8, 4) is 0 Å². The van der Waals surface area contributed by atoms with Crippen LogP contribution in [0.15, 0.2) is 34.2 Å². The maximum Gasteiger partial charge on any atom is 0.175 e. The van der Waals surface area contributed by atoms with E-state index < -0.39 is 0 Å². The minimum Gasteiger partial charge on any atom is -0.293 e. The predicted molar refractivity (Wildman–Crippen MR) is 73.6 cm³/mol. The highest BCUT2D eigenvalue weighted by Crippen LogP contribution is 2.24. The molecule has 0 amide bonds. The molecular weight excluding hydrogens is 298 g/mol. The maximum absolute atomic E-state index is 12.0. The number of rotatable bonds is 4.